The molecule has 0 amide bonds. The Bertz CT molecular complexity index is 809. The van der Waals surface area contributed by atoms with E-state index in [4.69, 9.17) is 11.6 Å². The van der Waals surface area contributed by atoms with Crippen molar-refractivity contribution in [2.24, 2.45) is 0 Å². The zero-order valence-electron chi connectivity index (χ0n) is 12.8. The molecule has 4 rings (SSSR count). The van der Waals surface area contributed by atoms with Gasteiger partial charge in [-0.25, -0.2) is 4.98 Å². The molecule has 0 spiro atoms. The summed E-state index contributed by atoms with van der Waals surface area (Å²) in [6.45, 7) is 2.81. The van der Waals surface area contributed by atoms with Crippen LogP contribution in [-0.2, 0) is 6.54 Å². The molecule has 1 fully saturated rings. The number of halogens is 1. The van der Waals surface area contributed by atoms with E-state index in [0.29, 0.717) is 6.04 Å². The van der Waals surface area contributed by atoms with Crippen LogP contribution in [0.3, 0.4) is 0 Å². The van der Waals surface area contributed by atoms with Crippen molar-refractivity contribution in [3.8, 4) is 0 Å². The van der Waals surface area contributed by atoms with E-state index in [9.17, 15) is 0 Å². The first-order valence-electron chi connectivity index (χ1n) is 7.55. The van der Waals surface area contributed by atoms with E-state index < -0.39 is 0 Å². The third-order valence-electron chi connectivity index (χ3n) is 4.33. The highest BCUT2D eigenvalue weighted by molar-refractivity contribution is 6.30. The molecule has 0 saturated carbocycles. The minimum absolute atomic E-state index is 0.510. The van der Waals surface area contributed by atoms with Gasteiger partial charge in [-0.05, 0) is 24.7 Å². The Hall–Kier alpha value is -2.18. The molecule has 0 aliphatic carbocycles. The largest absolute Gasteiger partial charge is 0.350 e. The first kappa shape index (κ1) is 14.4. The summed E-state index contributed by atoms with van der Waals surface area (Å²) in [6.07, 6.45) is 5.35. The lowest BCUT2D eigenvalue weighted by Gasteiger charge is -2.44. The van der Waals surface area contributed by atoms with Crippen LogP contribution in [0.15, 0.2) is 43.0 Å². The van der Waals surface area contributed by atoms with Gasteiger partial charge in [0.25, 0.3) is 0 Å². The summed E-state index contributed by atoms with van der Waals surface area (Å²) in [5.41, 5.74) is 2.08. The topological polar surface area (TPSA) is 49.6 Å². The smallest absolute Gasteiger partial charge is 0.203 e. The molecule has 3 heterocycles. The van der Waals surface area contributed by atoms with E-state index in [2.05, 4.69) is 44.2 Å². The lowest BCUT2D eigenvalue weighted by Crippen LogP contribution is -2.58. The van der Waals surface area contributed by atoms with Crippen LogP contribution >= 0.6 is 11.6 Å². The minimum atomic E-state index is 0.510. The number of likely N-dealkylation sites (N-methyl/N-ethyl adjacent to an activating group) is 1. The molecule has 3 aromatic rings. The molecule has 1 aromatic carbocycles. The second-order valence-corrected chi connectivity index (χ2v) is 6.35. The fraction of sp³-hybridized carbons (Fsp3) is 0.312. The van der Waals surface area contributed by atoms with Crippen molar-refractivity contribution in [2.45, 2.75) is 12.6 Å². The van der Waals surface area contributed by atoms with E-state index in [1.807, 2.05) is 22.7 Å². The van der Waals surface area contributed by atoms with Crippen LogP contribution < -0.4 is 4.90 Å². The summed E-state index contributed by atoms with van der Waals surface area (Å²) in [4.78, 5) is 9.07. The van der Waals surface area contributed by atoms with Crippen molar-refractivity contribution in [1.82, 2.24) is 24.5 Å². The van der Waals surface area contributed by atoms with Crippen LogP contribution in [0.25, 0.3) is 5.65 Å². The van der Waals surface area contributed by atoms with Gasteiger partial charge >= 0.3 is 0 Å². The molecule has 0 radical (unpaired) electrons. The fourth-order valence-electron chi connectivity index (χ4n) is 2.88. The van der Waals surface area contributed by atoms with Crippen molar-refractivity contribution in [1.29, 1.82) is 0 Å². The Labute approximate surface area is 139 Å². The molecule has 1 aliphatic heterocycles. The number of rotatable bonds is 4. The molecule has 1 saturated heterocycles. The molecule has 1 aliphatic rings. The zero-order valence-corrected chi connectivity index (χ0v) is 13.6. The average molecular weight is 329 g/mol. The van der Waals surface area contributed by atoms with Gasteiger partial charge in [-0.15, -0.1) is 10.2 Å². The molecule has 6 nitrogen and oxygen atoms in total. The van der Waals surface area contributed by atoms with Crippen LogP contribution in [0.1, 0.15) is 5.56 Å². The summed E-state index contributed by atoms with van der Waals surface area (Å²) < 4.78 is 1.90. The highest BCUT2D eigenvalue weighted by Gasteiger charge is 2.32. The van der Waals surface area contributed by atoms with E-state index >= 15 is 0 Å². The third kappa shape index (κ3) is 2.75. The monoisotopic (exact) mass is 328 g/mol. The maximum atomic E-state index is 5.93. The molecule has 0 unspecified atom stereocenters. The molecule has 7 heteroatoms. The molecular weight excluding hydrogens is 312 g/mol. The molecule has 0 atom stereocenters. The quantitative estimate of drug-likeness (QED) is 0.734. The van der Waals surface area contributed by atoms with Crippen molar-refractivity contribution in [3.63, 3.8) is 0 Å². The van der Waals surface area contributed by atoms with Gasteiger partial charge in [-0.3, -0.25) is 9.30 Å². The van der Waals surface area contributed by atoms with Gasteiger partial charge in [0.2, 0.25) is 5.65 Å². The number of nitrogens with zero attached hydrogens (tertiary/aromatic N) is 6. The molecule has 0 bridgehead atoms. The summed E-state index contributed by atoms with van der Waals surface area (Å²) in [7, 11) is 2.15. The Morgan fingerprint density at radius 2 is 2.04 bits per heavy atom. The van der Waals surface area contributed by atoms with E-state index in [-0.39, 0.29) is 0 Å². The van der Waals surface area contributed by atoms with Crippen molar-refractivity contribution >= 4 is 23.1 Å². The highest BCUT2D eigenvalue weighted by Crippen LogP contribution is 2.25. The molecule has 2 aromatic heterocycles. The lowest BCUT2D eigenvalue weighted by atomic mass is 10.1. The zero-order chi connectivity index (χ0) is 15.8. The second-order valence-electron chi connectivity index (χ2n) is 5.91. The van der Waals surface area contributed by atoms with Gasteiger partial charge in [0.15, 0.2) is 5.82 Å². The molecule has 23 heavy (non-hydrogen) atoms. The second kappa shape index (κ2) is 5.79. The first-order chi connectivity index (χ1) is 11.2. The lowest BCUT2D eigenvalue weighted by molar-refractivity contribution is 0.197. The first-order valence-corrected chi connectivity index (χ1v) is 7.92. The van der Waals surface area contributed by atoms with Crippen LogP contribution in [-0.4, -0.2) is 50.7 Å². The van der Waals surface area contributed by atoms with Gasteiger partial charge in [0.05, 0.1) is 0 Å². The Morgan fingerprint density at radius 1 is 1.26 bits per heavy atom. The fourth-order valence-corrected chi connectivity index (χ4v) is 3.01. The van der Waals surface area contributed by atoms with E-state index in [1.165, 1.54) is 5.56 Å². The highest BCUT2D eigenvalue weighted by atomic mass is 35.5. The summed E-state index contributed by atoms with van der Waals surface area (Å²) in [6, 6.07) is 8.54. The van der Waals surface area contributed by atoms with Gasteiger partial charge in [-0.1, -0.05) is 23.7 Å². The standard InChI is InChI=1S/C16H17ClN6/c1-21(8-12-2-4-13(17)5-3-12)14-9-23(10-14)15-16-20-19-11-22(16)7-6-18-15/h2-7,11,14H,8-10H2,1H3. The van der Waals surface area contributed by atoms with Crippen LogP contribution in [0.5, 0.6) is 0 Å². The van der Waals surface area contributed by atoms with Crippen molar-refractivity contribution in [2.75, 3.05) is 25.0 Å². The summed E-state index contributed by atoms with van der Waals surface area (Å²) in [5, 5.41) is 8.87. The number of aromatic nitrogens is 4. The minimum Gasteiger partial charge on any atom is -0.350 e. The maximum Gasteiger partial charge on any atom is 0.203 e. The molecular formula is C16H17ClN6. The Morgan fingerprint density at radius 3 is 2.83 bits per heavy atom. The number of anilines is 1. The Kier molecular flexibility index (Phi) is 3.63. The van der Waals surface area contributed by atoms with E-state index in [0.717, 1.165) is 36.1 Å². The van der Waals surface area contributed by atoms with Crippen LogP contribution in [0.2, 0.25) is 5.02 Å². The normalized spacial score (nSPS) is 15.3. The van der Waals surface area contributed by atoms with Gasteiger partial charge in [0.1, 0.15) is 6.33 Å². The van der Waals surface area contributed by atoms with Crippen LogP contribution in [0.4, 0.5) is 5.82 Å². The predicted octanol–water partition coefficient (Wildman–Crippen LogP) is 2.10. The number of fused-ring (bicyclic) bond motifs is 1. The predicted molar refractivity (Wildman–Crippen MR) is 89.7 cm³/mol. The SMILES string of the molecule is CN(Cc1ccc(Cl)cc1)C1CN(c2nccn3cnnc23)C1. The van der Waals surface area contributed by atoms with Crippen LogP contribution in [0, 0.1) is 0 Å². The number of hydrogen-bond donors (Lipinski definition) is 0. The molecule has 118 valence electrons. The van der Waals surface area contributed by atoms with Crippen molar-refractivity contribution < 1.29 is 0 Å². The van der Waals surface area contributed by atoms with E-state index in [1.54, 1.807) is 12.5 Å². The number of benzene rings is 1. The summed E-state index contributed by atoms with van der Waals surface area (Å²) >= 11 is 5.93. The Balaban J connectivity index is 1.41. The van der Waals surface area contributed by atoms with Gasteiger partial charge in [-0.2, -0.15) is 0 Å². The van der Waals surface area contributed by atoms with Crippen molar-refractivity contribution in [3.05, 3.63) is 53.6 Å². The molecule has 0 N–H and O–H groups in total. The average Bonchev–Trinajstić information content (AvgIpc) is 2.97. The number of hydrogen-bond acceptors (Lipinski definition) is 5. The summed E-state index contributed by atoms with van der Waals surface area (Å²) in [5.74, 6) is 0.904. The van der Waals surface area contributed by atoms with Gasteiger partial charge < -0.3 is 4.90 Å². The third-order valence-corrected chi connectivity index (χ3v) is 4.58. The van der Waals surface area contributed by atoms with Gasteiger partial charge in [0, 0.05) is 43.1 Å². The maximum absolute atomic E-state index is 5.93.